The topological polar surface area (TPSA) is 30.5 Å². The van der Waals surface area contributed by atoms with Crippen LogP contribution in [0.5, 0.6) is 11.5 Å². The van der Waals surface area contributed by atoms with E-state index in [0.29, 0.717) is 13.2 Å². The van der Waals surface area contributed by atoms with Gasteiger partial charge in [-0.15, -0.1) is 0 Å². The van der Waals surface area contributed by atoms with Crippen molar-refractivity contribution in [3.05, 3.63) is 93.5 Å². The summed E-state index contributed by atoms with van der Waals surface area (Å²) < 4.78 is 12.9. The zero-order chi connectivity index (χ0) is 20.5. The highest BCUT2D eigenvalue weighted by atomic mass is 79.9. The molecule has 3 aromatic carbocycles. The molecule has 1 N–H and O–H groups in total. The van der Waals surface area contributed by atoms with Gasteiger partial charge in [-0.05, 0) is 77.1 Å². The molecular formula is C25H28BrNO2. The van der Waals surface area contributed by atoms with Crippen LogP contribution in [0.1, 0.15) is 29.2 Å². The smallest absolute Gasteiger partial charge is 0.175 e. The number of ether oxygens (including phenoxy) is 2. The van der Waals surface area contributed by atoms with Crippen LogP contribution in [0.3, 0.4) is 0 Å². The summed E-state index contributed by atoms with van der Waals surface area (Å²) in [6.45, 7) is 6.91. The van der Waals surface area contributed by atoms with Gasteiger partial charge in [-0.25, -0.2) is 0 Å². The second-order valence-corrected chi connectivity index (χ2v) is 7.82. The molecule has 0 unspecified atom stereocenters. The predicted molar refractivity (Wildman–Crippen MR) is 123 cm³/mol. The van der Waals surface area contributed by atoms with Crippen LogP contribution in [0.2, 0.25) is 0 Å². The number of halogens is 1. The maximum Gasteiger partial charge on any atom is 0.175 e. The number of hydrogen-bond donors (Lipinski definition) is 1. The van der Waals surface area contributed by atoms with E-state index in [9.17, 15) is 0 Å². The van der Waals surface area contributed by atoms with E-state index >= 15 is 0 Å². The molecule has 0 fully saturated rings. The Morgan fingerprint density at radius 2 is 1.66 bits per heavy atom. The van der Waals surface area contributed by atoms with E-state index in [1.807, 2.05) is 25.1 Å². The Morgan fingerprint density at radius 3 is 2.41 bits per heavy atom. The zero-order valence-electron chi connectivity index (χ0n) is 17.1. The highest BCUT2D eigenvalue weighted by Crippen LogP contribution is 2.37. The van der Waals surface area contributed by atoms with Crippen LogP contribution in [-0.4, -0.2) is 13.2 Å². The van der Waals surface area contributed by atoms with E-state index in [4.69, 9.17) is 9.47 Å². The summed E-state index contributed by atoms with van der Waals surface area (Å²) in [6, 6.07) is 23.0. The van der Waals surface area contributed by atoms with E-state index in [0.717, 1.165) is 41.0 Å². The summed E-state index contributed by atoms with van der Waals surface area (Å²) >= 11 is 3.67. The Balaban J connectivity index is 1.63. The highest BCUT2D eigenvalue weighted by molar-refractivity contribution is 9.10. The second-order valence-electron chi connectivity index (χ2n) is 6.97. The monoisotopic (exact) mass is 453 g/mol. The van der Waals surface area contributed by atoms with Crippen LogP contribution in [0, 0.1) is 6.92 Å². The van der Waals surface area contributed by atoms with Gasteiger partial charge in [0.2, 0.25) is 0 Å². The third-order valence-corrected chi connectivity index (χ3v) is 5.35. The number of rotatable bonds is 10. The first-order valence-corrected chi connectivity index (χ1v) is 10.8. The average Bonchev–Trinajstić information content (AvgIpc) is 2.73. The molecule has 0 radical (unpaired) electrons. The normalized spacial score (nSPS) is 10.7. The summed E-state index contributed by atoms with van der Waals surface area (Å²) in [6.07, 6.45) is 1.01. The van der Waals surface area contributed by atoms with Gasteiger partial charge in [-0.3, -0.25) is 0 Å². The van der Waals surface area contributed by atoms with Crippen molar-refractivity contribution in [2.24, 2.45) is 0 Å². The summed E-state index contributed by atoms with van der Waals surface area (Å²) in [4.78, 5) is 0. The minimum Gasteiger partial charge on any atom is -0.490 e. The van der Waals surface area contributed by atoms with Crippen LogP contribution in [0.25, 0.3) is 0 Å². The van der Waals surface area contributed by atoms with E-state index in [-0.39, 0.29) is 0 Å². The van der Waals surface area contributed by atoms with Crippen LogP contribution in [0.15, 0.2) is 71.2 Å². The molecule has 0 atom stereocenters. The molecule has 3 aromatic rings. The predicted octanol–water partition coefficient (Wildman–Crippen LogP) is 6.07. The van der Waals surface area contributed by atoms with Crippen molar-refractivity contribution in [1.82, 2.24) is 5.32 Å². The molecule has 0 spiro atoms. The first kappa shape index (κ1) is 21.4. The number of benzene rings is 3. The summed E-state index contributed by atoms with van der Waals surface area (Å²) in [5, 5.41) is 3.51. The summed E-state index contributed by atoms with van der Waals surface area (Å²) in [7, 11) is 0. The second kappa shape index (κ2) is 11.0. The highest BCUT2D eigenvalue weighted by Gasteiger charge is 2.13. The molecule has 152 valence electrons. The molecule has 3 nitrogen and oxygen atoms in total. The molecule has 29 heavy (non-hydrogen) atoms. The van der Waals surface area contributed by atoms with Crippen LogP contribution in [0.4, 0.5) is 0 Å². The minimum absolute atomic E-state index is 0.514. The van der Waals surface area contributed by atoms with Crippen molar-refractivity contribution < 1.29 is 9.47 Å². The molecule has 3 rings (SSSR count). The van der Waals surface area contributed by atoms with Gasteiger partial charge >= 0.3 is 0 Å². The lowest BCUT2D eigenvalue weighted by molar-refractivity contribution is 0.267. The largest absolute Gasteiger partial charge is 0.490 e. The van der Waals surface area contributed by atoms with E-state index < -0.39 is 0 Å². The molecule has 0 saturated carbocycles. The SMILES string of the molecule is CCOc1cc(CNCCc2ccccc2)cc(Br)c1OCc1ccccc1C. The van der Waals surface area contributed by atoms with Crippen LogP contribution in [-0.2, 0) is 19.6 Å². The van der Waals surface area contributed by atoms with E-state index in [2.05, 4.69) is 76.7 Å². The molecule has 0 bridgehead atoms. The zero-order valence-corrected chi connectivity index (χ0v) is 18.7. The molecule has 0 saturated heterocycles. The molecule has 4 heteroatoms. The van der Waals surface area contributed by atoms with Crippen molar-refractivity contribution in [2.75, 3.05) is 13.2 Å². The van der Waals surface area contributed by atoms with Gasteiger partial charge in [0.25, 0.3) is 0 Å². The standard InChI is InChI=1S/C25H28BrNO2/c1-3-28-24-16-21(17-27-14-13-20-10-5-4-6-11-20)15-23(26)25(24)29-18-22-12-8-7-9-19(22)2/h4-12,15-16,27H,3,13-14,17-18H2,1-2H3. The molecular weight excluding hydrogens is 426 g/mol. The fourth-order valence-corrected chi connectivity index (χ4v) is 3.76. The number of aryl methyl sites for hydroxylation is 1. The maximum atomic E-state index is 6.13. The lowest BCUT2D eigenvalue weighted by Crippen LogP contribution is -2.16. The fourth-order valence-electron chi connectivity index (χ4n) is 3.16. The third-order valence-electron chi connectivity index (χ3n) is 4.76. The quantitative estimate of drug-likeness (QED) is 0.378. The number of nitrogens with one attached hydrogen (secondary N) is 1. The molecule has 0 aromatic heterocycles. The third kappa shape index (κ3) is 6.34. The van der Waals surface area contributed by atoms with Crippen LogP contribution >= 0.6 is 15.9 Å². The molecule has 0 aliphatic carbocycles. The van der Waals surface area contributed by atoms with Crippen LogP contribution < -0.4 is 14.8 Å². The van der Waals surface area contributed by atoms with Gasteiger partial charge in [0, 0.05) is 6.54 Å². The van der Waals surface area contributed by atoms with E-state index in [1.165, 1.54) is 16.7 Å². The van der Waals surface area contributed by atoms with Crippen molar-refractivity contribution in [1.29, 1.82) is 0 Å². The van der Waals surface area contributed by atoms with Gasteiger partial charge in [-0.2, -0.15) is 0 Å². The van der Waals surface area contributed by atoms with Gasteiger partial charge in [0.1, 0.15) is 6.61 Å². The first-order chi connectivity index (χ1) is 14.2. The van der Waals surface area contributed by atoms with Gasteiger partial charge in [0.15, 0.2) is 11.5 Å². The maximum absolute atomic E-state index is 6.13. The van der Waals surface area contributed by atoms with Crippen molar-refractivity contribution in [3.63, 3.8) is 0 Å². The minimum atomic E-state index is 0.514. The lowest BCUT2D eigenvalue weighted by atomic mass is 10.1. The summed E-state index contributed by atoms with van der Waals surface area (Å²) in [5.41, 5.74) is 4.90. The van der Waals surface area contributed by atoms with Crippen molar-refractivity contribution in [3.8, 4) is 11.5 Å². The van der Waals surface area contributed by atoms with Gasteiger partial charge < -0.3 is 14.8 Å². The van der Waals surface area contributed by atoms with E-state index in [1.54, 1.807) is 0 Å². The Labute approximate surface area is 182 Å². The fraction of sp³-hybridized carbons (Fsp3) is 0.280. The Hall–Kier alpha value is -2.30. The van der Waals surface area contributed by atoms with Crippen molar-refractivity contribution >= 4 is 15.9 Å². The Bertz CT molecular complexity index is 912. The lowest BCUT2D eigenvalue weighted by Gasteiger charge is -2.16. The summed E-state index contributed by atoms with van der Waals surface area (Å²) in [5.74, 6) is 1.53. The Morgan fingerprint density at radius 1 is 0.897 bits per heavy atom. The molecule has 0 amide bonds. The molecule has 0 heterocycles. The molecule has 0 aliphatic heterocycles. The van der Waals surface area contributed by atoms with Gasteiger partial charge in [0.05, 0.1) is 11.1 Å². The van der Waals surface area contributed by atoms with Crippen molar-refractivity contribution in [2.45, 2.75) is 33.4 Å². The number of hydrogen-bond acceptors (Lipinski definition) is 3. The molecule has 0 aliphatic rings. The Kier molecular flexibility index (Phi) is 8.14. The first-order valence-electron chi connectivity index (χ1n) is 10.0. The van der Waals surface area contributed by atoms with Gasteiger partial charge in [-0.1, -0.05) is 54.6 Å². The average molecular weight is 454 g/mol.